The van der Waals surface area contributed by atoms with Crippen LogP contribution in [0, 0.1) is 35.5 Å². The monoisotopic (exact) mass is 426 g/mol. The molecule has 0 amide bonds. The van der Waals surface area contributed by atoms with Crippen molar-refractivity contribution in [3.05, 3.63) is 35.9 Å². The van der Waals surface area contributed by atoms with E-state index in [1.54, 1.807) is 7.11 Å². The van der Waals surface area contributed by atoms with Crippen LogP contribution >= 0.6 is 0 Å². The second-order valence-corrected chi connectivity index (χ2v) is 10.5. The molecule has 0 spiro atoms. The molecule has 0 aliphatic heterocycles. The highest BCUT2D eigenvalue weighted by Gasteiger charge is 2.50. The molecule has 8 atom stereocenters. The molecule has 1 aromatic carbocycles. The summed E-state index contributed by atoms with van der Waals surface area (Å²) in [6.45, 7) is 0.438. The molecule has 0 N–H and O–H groups in total. The van der Waals surface area contributed by atoms with E-state index in [0.29, 0.717) is 18.5 Å². The number of carbonyl (C=O) groups excluding carboxylic acids is 1. The van der Waals surface area contributed by atoms with Crippen molar-refractivity contribution in [3.63, 3.8) is 0 Å². The first-order valence-corrected chi connectivity index (χ1v) is 12.6. The molecule has 1 aromatic rings. The van der Waals surface area contributed by atoms with Crippen LogP contribution in [-0.4, -0.2) is 32.1 Å². The molecule has 31 heavy (non-hydrogen) atoms. The highest BCUT2D eigenvalue weighted by Crippen LogP contribution is 2.57. The topological polar surface area (TPSA) is 44.8 Å². The molecule has 170 valence electrons. The van der Waals surface area contributed by atoms with Crippen molar-refractivity contribution in [1.29, 1.82) is 0 Å². The highest BCUT2D eigenvalue weighted by atomic mass is 16.7. The predicted octanol–water partition coefficient (Wildman–Crippen LogP) is 5.85. The summed E-state index contributed by atoms with van der Waals surface area (Å²) >= 11 is 0. The Morgan fingerprint density at radius 1 is 0.774 bits per heavy atom. The van der Waals surface area contributed by atoms with Crippen molar-refractivity contribution < 1.29 is 19.0 Å². The maximum absolute atomic E-state index is 12.5. The van der Waals surface area contributed by atoms with Gasteiger partial charge in [0.1, 0.15) is 12.9 Å². The molecule has 4 aliphatic carbocycles. The average Bonchev–Trinajstić information content (AvgIpc) is 2.82. The normalized spacial score (nSPS) is 39.6. The number of ether oxygens (including phenoxy) is 3. The van der Waals surface area contributed by atoms with Gasteiger partial charge in [-0.15, -0.1) is 0 Å². The second-order valence-electron chi connectivity index (χ2n) is 10.5. The molecule has 4 aliphatic rings. The predicted molar refractivity (Wildman–Crippen MR) is 120 cm³/mol. The Hall–Kier alpha value is -1.39. The van der Waals surface area contributed by atoms with Crippen LogP contribution in [-0.2, 0) is 14.2 Å². The third-order valence-electron chi connectivity index (χ3n) is 9.08. The second kappa shape index (κ2) is 9.62. The largest absolute Gasteiger partial charge is 0.459 e. The number of hydrogen-bond acceptors (Lipinski definition) is 4. The number of methoxy groups -OCH3 is 1. The number of benzene rings is 1. The fraction of sp³-hybridized carbons (Fsp3) is 0.741. The summed E-state index contributed by atoms with van der Waals surface area (Å²) < 4.78 is 17.0. The molecule has 4 heteroatoms. The Bertz CT molecular complexity index is 734. The molecule has 0 saturated heterocycles. The van der Waals surface area contributed by atoms with E-state index in [2.05, 4.69) is 0 Å². The Morgan fingerprint density at radius 2 is 1.35 bits per heavy atom. The van der Waals surface area contributed by atoms with Crippen LogP contribution < -0.4 is 0 Å². The van der Waals surface area contributed by atoms with Crippen LogP contribution in [0.2, 0.25) is 0 Å². The summed E-state index contributed by atoms with van der Waals surface area (Å²) in [5.74, 6) is 5.06. The first-order chi connectivity index (χ1) is 15.2. The van der Waals surface area contributed by atoms with E-state index in [0.717, 1.165) is 48.3 Å². The van der Waals surface area contributed by atoms with Crippen molar-refractivity contribution in [1.82, 2.24) is 0 Å². The van der Waals surface area contributed by atoms with Gasteiger partial charge in [0.15, 0.2) is 0 Å². The van der Waals surface area contributed by atoms with Crippen LogP contribution in [0.1, 0.15) is 74.6 Å². The van der Waals surface area contributed by atoms with E-state index in [-0.39, 0.29) is 12.1 Å². The van der Waals surface area contributed by atoms with Gasteiger partial charge in [0.25, 0.3) is 0 Å². The van der Waals surface area contributed by atoms with Crippen molar-refractivity contribution in [2.24, 2.45) is 35.5 Å². The van der Waals surface area contributed by atoms with Gasteiger partial charge in [-0.05, 0) is 112 Å². The number of rotatable bonds is 5. The minimum absolute atomic E-state index is 0.107. The molecule has 4 nitrogen and oxygen atoms in total. The van der Waals surface area contributed by atoms with Gasteiger partial charge >= 0.3 is 5.97 Å². The van der Waals surface area contributed by atoms with Crippen LogP contribution in [0.5, 0.6) is 0 Å². The summed E-state index contributed by atoms with van der Waals surface area (Å²) in [4.78, 5) is 12.5. The fourth-order valence-corrected chi connectivity index (χ4v) is 7.80. The zero-order chi connectivity index (χ0) is 21.2. The summed E-state index contributed by atoms with van der Waals surface area (Å²) in [6, 6.07) is 9.46. The Kier molecular flexibility index (Phi) is 6.66. The van der Waals surface area contributed by atoms with Gasteiger partial charge < -0.3 is 14.2 Å². The van der Waals surface area contributed by atoms with E-state index in [1.165, 1.54) is 51.4 Å². The minimum Gasteiger partial charge on any atom is -0.459 e. The van der Waals surface area contributed by atoms with Crippen LogP contribution in [0.4, 0.5) is 0 Å². The lowest BCUT2D eigenvalue weighted by atomic mass is 9.51. The zero-order valence-electron chi connectivity index (χ0n) is 18.9. The zero-order valence-corrected chi connectivity index (χ0v) is 18.9. The molecular formula is C27H38O4. The molecule has 4 fully saturated rings. The average molecular weight is 427 g/mol. The lowest BCUT2D eigenvalue weighted by molar-refractivity contribution is -0.119. The summed E-state index contributed by atoms with van der Waals surface area (Å²) in [6.07, 6.45) is 13.2. The van der Waals surface area contributed by atoms with Gasteiger partial charge in [-0.1, -0.05) is 18.2 Å². The van der Waals surface area contributed by atoms with Gasteiger partial charge in [0, 0.05) is 7.11 Å². The van der Waals surface area contributed by atoms with E-state index >= 15 is 0 Å². The number of carbonyl (C=O) groups is 1. The van der Waals surface area contributed by atoms with E-state index in [9.17, 15) is 4.79 Å². The molecule has 0 bridgehead atoms. The lowest BCUT2D eigenvalue weighted by Gasteiger charge is -2.55. The van der Waals surface area contributed by atoms with Crippen molar-refractivity contribution in [2.45, 2.75) is 76.4 Å². The van der Waals surface area contributed by atoms with Gasteiger partial charge in [0.2, 0.25) is 0 Å². The van der Waals surface area contributed by atoms with Gasteiger partial charge in [0.05, 0.1) is 11.7 Å². The molecule has 4 saturated carbocycles. The highest BCUT2D eigenvalue weighted by molar-refractivity contribution is 5.89. The van der Waals surface area contributed by atoms with Crippen molar-refractivity contribution >= 4 is 5.97 Å². The van der Waals surface area contributed by atoms with Crippen LogP contribution in [0.3, 0.4) is 0 Å². The van der Waals surface area contributed by atoms with E-state index in [1.807, 2.05) is 30.3 Å². The first kappa shape index (κ1) is 21.5. The van der Waals surface area contributed by atoms with Crippen molar-refractivity contribution in [2.75, 3.05) is 13.9 Å². The van der Waals surface area contributed by atoms with Crippen LogP contribution in [0.15, 0.2) is 30.3 Å². The third-order valence-corrected chi connectivity index (χ3v) is 9.08. The van der Waals surface area contributed by atoms with Crippen molar-refractivity contribution in [3.8, 4) is 0 Å². The fourth-order valence-electron chi connectivity index (χ4n) is 7.80. The minimum atomic E-state index is -0.148. The summed E-state index contributed by atoms with van der Waals surface area (Å²) in [5.41, 5.74) is 0.678. The lowest BCUT2D eigenvalue weighted by Crippen LogP contribution is -2.48. The number of hydrogen-bond donors (Lipinski definition) is 0. The Balaban J connectivity index is 1.16. The smallest absolute Gasteiger partial charge is 0.338 e. The Morgan fingerprint density at radius 3 is 2.00 bits per heavy atom. The summed E-state index contributed by atoms with van der Waals surface area (Å²) in [5, 5.41) is 0. The number of fused-ring (bicyclic) bond motifs is 5. The standard InChI is InChI=1S/C27H38O4/c1-29-17-30-21-9-13-23-19(15-21)7-11-26-24-14-10-22(16-20(24)8-12-25(23)26)31-27(28)18-5-3-2-4-6-18/h2-6,19-26H,7-17H2,1H3/t19-,20+,21-,22+,23+,24-,25-,26+/m1/s1. The summed E-state index contributed by atoms with van der Waals surface area (Å²) in [7, 11) is 1.71. The quantitative estimate of drug-likeness (QED) is 0.437. The van der Waals surface area contributed by atoms with Gasteiger partial charge in [-0.3, -0.25) is 0 Å². The van der Waals surface area contributed by atoms with Gasteiger partial charge in [-0.25, -0.2) is 4.79 Å². The number of esters is 1. The Labute approximate surface area is 187 Å². The third kappa shape index (κ3) is 4.57. The van der Waals surface area contributed by atoms with Crippen LogP contribution in [0.25, 0.3) is 0 Å². The van der Waals surface area contributed by atoms with E-state index < -0.39 is 0 Å². The molecule has 5 rings (SSSR count). The van der Waals surface area contributed by atoms with Gasteiger partial charge in [-0.2, -0.15) is 0 Å². The SMILES string of the molecule is COCO[C@@H]1CC[C@H]2[C@H](CC[C@@H]3[C@@H]2CC[C@H]2C[C@@H](OC(=O)c4ccccc4)CC[C@H]23)C1. The molecular weight excluding hydrogens is 388 g/mol. The molecule has 0 heterocycles. The maximum atomic E-state index is 12.5. The van der Waals surface area contributed by atoms with E-state index in [4.69, 9.17) is 14.2 Å². The maximum Gasteiger partial charge on any atom is 0.338 e. The molecule has 0 radical (unpaired) electrons. The first-order valence-electron chi connectivity index (χ1n) is 12.6. The molecule has 0 aromatic heterocycles. The molecule has 0 unspecified atom stereocenters.